The van der Waals surface area contributed by atoms with E-state index < -0.39 is 10.8 Å². The summed E-state index contributed by atoms with van der Waals surface area (Å²) in [6.07, 6.45) is 1.48. The molecule has 3 aromatic rings. The number of amides is 2. The van der Waals surface area contributed by atoms with Crippen LogP contribution in [-0.4, -0.2) is 28.1 Å². The predicted octanol–water partition coefficient (Wildman–Crippen LogP) is 4.99. The molecular weight excluding hydrogens is 404 g/mol. The molecule has 0 unspecified atom stereocenters. The highest BCUT2D eigenvalue weighted by atomic mass is 32.2. The lowest BCUT2D eigenvalue weighted by atomic mass is 10.1. The molecule has 0 saturated carbocycles. The van der Waals surface area contributed by atoms with Crippen LogP contribution < -0.4 is 4.74 Å². The predicted molar refractivity (Wildman–Crippen MR) is 115 cm³/mol. The van der Waals surface area contributed by atoms with Crippen molar-refractivity contribution in [1.82, 2.24) is 4.90 Å². The zero-order valence-electron chi connectivity index (χ0n) is 15.9. The zero-order chi connectivity index (χ0) is 21.3. The average Bonchev–Trinajstić information content (AvgIpc) is 3.01. The maximum atomic E-state index is 12.8. The minimum Gasteiger partial charge on any atom is -0.490 e. The second kappa shape index (κ2) is 8.00. The highest BCUT2D eigenvalue weighted by Crippen LogP contribution is 2.35. The number of rotatable bonds is 5. The van der Waals surface area contributed by atoms with Crippen molar-refractivity contribution in [3.63, 3.8) is 0 Å². The molecule has 0 aromatic heterocycles. The summed E-state index contributed by atoms with van der Waals surface area (Å²) < 4.78 is 4.99. The fourth-order valence-electron chi connectivity index (χ4n) is 3.25. The zero-order valence-corrected chi connectivity index (χ0v) is 16.7. The van der Waals surface area contributed by atoms with Gasteiger partial charge in [-0.2, -0.15) is 0 Å². The molecule has 150 valence electrons. The summed E-state index contributed by atoms with van der Waals surface area (Å²) in [6, 6.07) is 18.0. The summed E-state index contributed by atoms with van der Waals surface area (Å²) in [5.41, 5.74) is 1.08. The number of nitrogens with zero attached hydrogens (tertiary/aromatic N) is 2. The molecular formula is C22H16N2O5S. The Kier molecular flexibility index (Phi) is 5.24. The van der Waals surface area contributed by atoms with Crippen LogP contribution in [0.1, 0.15) is 11.1 Å². The Bertz CT molecular complexity index is 1220. The Morgan fingerprint density at radius 3 is 2.57 bits per heavy atom. The van der Waals surface area contributed by atoms with Crippen LogP contribution in [0.5, 0.6) is 5.75 Å². The van der Waals surface area contributed by atoms with Crippen LogP contribution in [0.2, 0.25) is 0 Å². The van der Waals surface area contributed by atoms with Crippen LogP contribution in [0.25, 0.3) is 16.8 Å². The normalized spacial score (nSPS) is 15.2. The van der Waals surface area contributed by atoms with Crippen molar-refractivity contribution in [1.29, 1.82) is 0 Å². The molecule has 4 rings (SSSR count). The van der Waals surface area contributed by atoms with Crippen LogP contribution in [-0.2, 0) is 11.3 Å². The van der Waals surface area contributed by atoms with Gasteiger partial charge in [-0.1, -0.05) is 42.5 Å². The molecule has 1 heterocycles. The number of hydrogen-bond acceptors (Lipinski definition) is 6. The molecule has 1 aliphatic rings. The molecule has 3 aromatic carbocycles. The number of thioether (sulfide) groups is 1. The van der Waals surface area contributed by atoms with Crippen LogP contribution in [0.3, 0.4) is 0 Å². The summed E-state index contributed by atoms with van der Waals surface area (Å²) in [6.45, 7) is 0.162. The second-order valence-electron chi connectivity index (χ2n) is 6.64. The third-order valence-corrected chi connectivity index (χ3v) is 5.63. The van der Waals surface area contributed by atoms with Gasteiger partial charge >= 0.3 is 5.69 Å². The van der Waals surface area contributed by atoms with Crippen LogP contribution >= 0.6 is 11.8 Å². The molecule has 8 heteroatoms. The monoisotopic (exact) mass is 420 g/mol. The Morgan fingerprint density at radius 1 is 1.07 bits per heavy atom. The molecule has 0 atom stereocenters. The Morgan fingerprint density at radius 2 is 1.83 bits per heavy atom. The topological polar surface area (TPSA) is 89.8 Å². The van der Waals surface area contributed by atoms with Gasteiger partial charge in [0.1, 0.15) is 0 Å². The van der Waals surface area contributed by atoms with Gasteiger partial charge in [-0.3, -0.25) is 24.6 Å². The highest BCUT2D eigenvalue weighted by molar-refractivity contribution is 8.18. The van der Waals surface area contributed by atoms with E-state index in [9.17, 15) is 19.7 Å². The molecule has 30 heavy (non-hydrogen) atoms. The van der Waals surface area contributed by atoms with E-state index in [0.717, 1.165) is 28.1 Å². The number of carbonyl (C=O) groups excluding carboxylic acids is 2. The number of fused-ring (bicyclic) bond motifs is 1. The van der Waals surface area contributed by atoms with Crippen molar-refractivity contribution in [3.05, 3.63) is 86.8 Å². The first-order valence-electron chi connectivity index (χ1n) is 9.02. The minimum atomic E-state index is -0.554. The third-order valence-electron chi connectivity index (χ3n) is 4.73. The number of benzene rings is 3. The third kappa shape index (κ3) is 3.77. The number of imide groups is 1. The lowest BCUT2D eigenvalue weighted by Gasteiger charge is -2.13. The van der Waals surface area contributed by atoms with Crippen LogP contribution in [0.15, 0.2) is 65.6 Å². The van der Waals surface area contributed by atoms with Gasteiger partial charge in [-0.15, -0.1) is 0 Å². The number of nitro benzene ring substituents is 1. The van der Waals surface area contributed by atoms with Crippen molar-refractivity contribution >= 4 is 45.4 Å². The first-order chi connectivity index (χ1) is 14.5. The van der Waals surface area contributed by atoms with E-state index in [2.05, 4.69) is 0 Å². The van der Waals surface area contributed by atoms with E-state index >= 15 is 0 Å². The first kappa shape index (κ1) is 19.7. The average molecular weight is 420 g/mol. The van der Waals surface area contributed by atoms with Crippen LogP contribution in [0.4, 0.5) is 10.5 Å². The number of carbonyl (C=O) groups is 2. The summed E-state index contributed by atoms with van der Waals surface area (Å²) >= 11 is 0.821. The summed E-state index contributed by atoms with van der Waals surface area (Å²) in [5.74, 6) is -0.293. The van der Waals surface area contributed by atoms with Gasteiger partial charge in [-0.05, 0) is 51.9 Å². The van der Waals surface area contributed by atoms with Gasteiger partial charge in [0, 0.05) is 6.07 Å². The summed E-state index contributed by atoms with van der Waals surface area (Å²) in [4.78, 5) is 37.3. The molecule has 2 amide bonds. The molecule has 0 aliphatic carbocycles. The molecule has 0 N–H and O–H groups in total. The SMILES string of the molecule is COc1ccc(/C=C2\SC(=O)N(Cc3ccc4ccccc4c3)C2=O)cc1[N+](=O)[O-]. The first-order valence-corrected chi connectivity index (χ1v) is 9.83. The molecule has 0 spiro atoms. The second-order valence-corrected chi connectivity index (χ2v) is 7.63. The Balaban J connectivity index is 1.59. The van der Waals surface area contributed by atoms with E-state index in [1.165, 1.54) is 30.2 Å². The van der Waals surface area contributed by atoms with Gasteiger partial charge in [0.25, 0.3) is 11.1 Å². The lowest BCUT2D eigenvalue weighted by molar-refractivity contribution is -0.385. The lowest BCUT2D eigenvalue weighted by Crippen LogP contribution is -2.27. The smallest absolute Gasteiger partial charge is 0.311 e. The molecule has 7 nitrogen and oxygen atoms in total. The van der Waals surface area contributed by atoms with E-state index in [4.69, 9.17) is 4.74 Å². The minimum absolute atomic E-state index is 0.126. The van der Waals surface area contributed by atoms with Crippen molar-refractivity contribution in [2.75, 3.05) is 7.11 Å². The van der Waals surface area contributed by atoms with Crippen molar-refractivity contribution in [2.45, 2.75) is 6.54 Å². The van der Waals surface area contributed by atoms with E-state index in [-0.39, 0.29) is 28.1 Å². The van der Waals surface area contributed by atoms with Gasteiger partial charge in [-0.25, -0.2) is 0 Å². The molecule has 0 radical (unpaired) electrons. The Hall–Kier alpha value is -3.65. The van der Waals surface area contributed by atoms with Gasteiger partial charge in [0.05, 0.1) is 23.5 Å². The number of hydrogen-bond donors (Lipinski definition) is 0. The Labute approximate surface area is 176 Å². The van der Waals surface area contributed by atoms with Gasteiger partial charge in [0.15, 0.2) is 5.75 Å². The molecule has 1 aliphatic heterocycles. The van der Waals surface area contributed by atoms with Crippen molar-refractivity contribution < 1.29 is 19.2 Å². The maximum Gasteiger partial charge on any atom is 0.311 e. The summed E-state index contributed by atoms with van der Waals surface area (Å²) in [5, 5.41) is 12.9. The van der Waals surface area contributed by atoms with Gasteiger partial charge < -0.3 is 4.74 Å². The molecule has 0 bridgehead atoms. The van der Waals surface area contributed by atoms with Crippen molar-refractivity contribution in [3.8, 4) is 5.75 Å². The summed E-state index contributed by atoms with van der Waals surface area (Å²) in [7, 11) is 1.35. The fraction of sp³-hybridized carbons (Fsp3) is 0.0909. The van der Waals surface area contributed by atoms with Crippen LogP contribution in [0, 0.1) is 10.1 Å². The largest absolute Gasteiger partial charge is 0.490 e. The van der Waals surface area contributed by atoms with E-state index in [1.54, 1.807) is 6.07 Å². The maximum absolute atomic E-state index is 12.8. The quantitative estimate of drug-likeness (QED) is 0.328. The highest BCUT2D eigenvalue weighted by Gasteiger charge is 2.35. The fourth-order valence-corrected chi connectivity index (χ4v) is 4.09. The van der Waals surface area contributed by atoms with Crippen molar-refractivity contribution in [2.24, 2.45) is 0 Å². The number of methoxy groups -OCH3 is 1. The van der Waals surface area contributed by atoms with Gasteiger partial charge in [0.2, 0.25) is 0 Å². The van der Waals surface area contributed by atoms with E-state index in [0.29, 0.717) is 5.56 Å². The number of nitro groups is 1. The number of ether oxygens (including phenoxy) is 1. The molecule has 1 saturated heterocycles. The van der Waals surface area contributed by atoms with E-state index in [1.807, 2.05) is 42.5 Å². The standard InChI is InChI=1S/C22H16N2O5S/c1-29-19-9-7-14(11-18(19)24(27)28)12-20-21(25)23(22(26)30-20)13-15-6-8-16-4-2-3-5-17(16)10-15/h2-12H,13H2,1H3/b20-12-. The molecule has 1 fully saturated rings.